The Morgan fingerprint density at radius 1 is 1.14 bits per heavy atom. The Hall–Kier alpha value is -0.590. The van der Waals surface area contributed by atoms with Crippen molar-refractivity contribution in [1.82, 2.24) is 4.31 Å². The van der Waals surface area contributed by atoms with E-state index < -0.39 is 10.0 Å². The smallest absolute Gasteiger partial charge is 0.207 e. The van der Waals surface area contributed by atoms with Gasteiger partial charge in [-0.2, -0.15) is 4.31 Å². The Labute approximate surface area is 142 Å². The highest BCUT2D eigenvalue weighted by Crippen LogP contribution is 2.28. The van der Waals surface area contributed by atoms with Crippen molar-refractivity contribution in [3.63, 3.8) is 0 Å². The van der Waals surface area contributed by atoms with Gasteiger partial charge in [-0.25, -0.2) is 8.42 Å². The molecule has 0 heterocycles. The minimum absolute atomic E-state index is 0.0805. The van der Waals surface area contributed by atoms with Crippen molar-refractivity contribution >= 4 is 49.2 Å². The zero-order valence-corrected chi connectivity index (χ0v) is 15.0. The average molecular weight is 409 g/mol. The van der Waals surface area contributed by atoms with E-state index in [9.17, 15) is 8.42 Å². The molecule has 0 atom stereocenters. The Morgan fingerprint density at radius 2 is 1.86 bits per heavy atom. The first-order valence-electron chi connectivity index (χ1n) is 5.96. The van der Waals surface area contributed by atoms with Gasteiger partial charge in [-0.1, -0.05) is 51.3 Å². The molecule has 0 bridgehead atoms. The molecule has 0 amide bonds. The van der Waals surface area contributed by atoms with Gasteiger partial charge in [0, 0.05) is 23.1 Å². The molecule has 0 saturated heterocycles. The van der Waals surface area contributed by atoms with Gasteiger partial charge in [0.2, 0.25) is 10.0 Å². The maximum Gasteiger partial charge on any atom is 0.244 e. The molecule has 0 radical (unpaired) electrons. The van der Waals surface area contributed by atoms with Gasteiger partial charge in [-0.3, -0.25) is 0 Å². The number of hydrogen-bond acceptors (Lipinski definition) is 2. The van der Waals surface area contributed by atoms with E-state index >= 15 is 0 Å². The molecule has 0 saturated carbocycles. The van der Waals surface area contributed by atoms with Crippen molar-refractivity contribution in [2.75, 3.05) is 7.05 Å². The predicted molar refractivity (Wildman–Crippen MR) is 89.3 cm³/mol. The molecule has 0 spiro atoms. The Balaban J connectivity index is 2.30. The van der Waals surface area contributed by atoms with Gasteiger partial charge in [0.25, 0.3) is 0 Å². The first kappa shape index (κ1) is 16.8. The SMILES string of the molecule is CN(Cc1cccc(Cl)c1)S(=O)(=O)c1ccc(Br)cc1Cl. The molecular weight excluding hydrogens is 397 g/mol. The number of nitrogens with zero attached hydrogens (tertiary/aromatic N) is 1. The molecule has 0 N–H and O–H groups in total. The van der Waals surface area contributed by atoms with Crippen LogP contribution >= 0.6 is 39.1 Å². The molecule has 112 valence electrons. The van der Waals surface area contributed by atoms with Gasteiger partial charge < -0.3 is 0 Å². The molecule has 0 aromatic heterocycles. The fraction of sp³-hybridized carbons (Fsp3) is 0.143. The van der Waals surface area contributed by atoms with E-state index in [0.29, 0.717) is 5.02 Å². The van der Waals surface area contributed by atoms with Crippen LogP contribution in [0.5, 0.6) is 0 Å². The average Bonchev–Trinajstić information content (AvgIpc) is 2.38. The fourth-order valence-corrected chi connectivity index (χ4v) is 4.21. The number of halogens is 3. The van der Waals surface area contributed by atoms with Crippen LogP contribution in [0, 0.1) is 0 Å². The van der Waals surface area contributed by atoms with Crippen LogP contribution in [0.25, 0.3) is 0 Å². The summed E-state index contributed by atoms with van der Waals surface area (Å²) in [5.41, 5.74) is 0.807. The number of sulfonamides is 1. The van der Waals surface area contributed by atoms with Crippen LogP contribution in [0.4, 0.5) is 0 Å². The lowest BCUT2D eigenvalue weighted by Crippen LogP contribution is -2.26. The lowest BCUT2D eigenvalue weighted by molar-refractivity contribution is 0.467. The Bertz CT molecular complexity index is 765. The zero-order chi connectivity index (χ0) is 15.6. The molecule has 3 nitrogen and oxygen atoms in total. The molecule has 0 fully saturated rings. The first-order valence-corrected chi connectivity index (χ1v) is 8.95. The summed E-state index contributed by atoms with van der Waals surface area (Å²) in [6.45, 7) is 0.218. The van der Waals surface area contributed by atoms with Crippen molar-refractivity contribution in [2.24, 2.45) is 0 Å². The minimum atomic E-state index is -3.66. The van der Waals surface area contributed by atoms with Crippen molar-refractivity contribution in [2.45, 2.75) is 11.4 Å². The highest BCUT2D eigenvalue weighted by atomic mass is 79.9. The molecule has 21 heavy (non-hydrogen) atoms. The van der Waals surface area contributed by atoms with Gasteiger partial charge in [0.1, 0.15) is 4.90 Å². The maximum absolute atomic E-state index is 12.5. The zero-order valence-electron chi connectivity index (χ0n) is 11.1. The summed E-state index contributed by atoms with van der Waals surface area (Å²) >= 11 is 15.2. The highest BCUT2D eigenvalue weighted by Gasteiger charge is 2.23. The quantitative estimate of drug-likeness (QED) is 0.742. The van der Waals surface area contributed by atoms with E-state index in [4.69, 9.17) is 23.2 Å². The monoisotopic (exact) mass is 407 g/mol. The molecule has 2 aromatic rings. The summed E-state index contributed by atoms with van der Waals surface area (Å²) in [5.74, 6) is 0. The van der Waals surface area contributed by atoms with E-state index in [1.807, 2.05) is 6.07 Å². The standard InChI is InChI=1S/C14H12BrCl2NO2S/c1-18(9-10-3-2-4-12(16)7-10)21(19,20)14-6-5-11(15)8-13(14)17/h2-8H,9H2,1H3. The number of rotatable bonds is 4. The third-order valence-corrected chi connectivity index (χ3v) is 5.89. The van der Waals surface area contributed by atoms with Gasteiger partial charge in [0.15, 0.2) is 0 Å². The highest BCUT2D eigenvalue weighted by molar-refractivity contribution is 9.10. The van der Waals surface area contributed by atoms with Crippen LogP contribution in [-0.2, 0) is 16.6 Å². The summed E-state index contributed by atoms with van der Waals surface area (Å²) in [6, 6.07) is 11.8. The van der Waals surface area contributed by atoms with E-state index in [1.165, 1.54) is 17.4 Å². The van der Waals surface area contributed by atoms with E-state index in [1.54, 1.807) is 30.3 Å². The second-order valence-corrected chi connectivity index (χ2v) is 8.24. The minimum Gasteiger partial charge on any atom is -0.207 e. The molecule has 2 rings (SSSR count). The largest absolute Gasteiger partial charge is 0.244 e. The lowest BCUT2D eigenvalue weighted by atomic mass is 10.2. The van der Waals surface area contributed by atoms with Crippen LogP contribution in [0.1, 0.15) is 5.56 Å². The third kappa shape index (κ3) is 3.99. The molecular formula is C14H12BrCl2NO2S. The van der Waals surface area contributed by atoms with E-state index in [2.05, 4.69) is 15.9 Å². The molecule has 7 heteroatoms. The maximum atomic E-state index is 12.5. The number of hydrogen-bond donors (Lipinski definition) is 0. The summed E-state index contributed by atoms with van der Waals surface area (Å²) in [4.78, 5) is 0.0805. The molecule has 0 aliphatic rings. The Morgan fingerprint density at radius 3 is 2.48 bits per heavy atom. The van der Waals surface area contributed by atoms with Crippen LogP contribution in [-0.4, -0.2) is 19.8 Å². The van der Waals surface area contributed by atoms with Gasteiger partial charge >= 0.3 is 0 Å². The van der Waals surface area contributed by atoms with Crippen LogP contribution < -0.4 is 0 Å². The second-order valence-electron chi connectivity index (χ2n) is 4.47. The summed E-state index contributed by atoms with van der Waals surface area (Å²) in [7, 11) is -2.15. The van der Waals surface area contributed by atoms with Crippen molar-refractivity contribution in [1.29, 1.82) is 0 Å². The van der Waals surface area contributed by atoms with E-state index in [-0.39, 0.29) is 16.5 Å². The Kier molecular flexibility index (Phi) is 5.33. The van der Waals surface area contributed by atoms with Crippen molar-refractivity contribution in [3.8, 4) is 0 Å². The molecule has 0 aliphatic heterocycles. The fourth-order valence-electron chi connectivity index (χ4n) is 1.83. The molecule has 0 unspecified atom stereocenters. The van der Waals surface area contributed by atoms with Gasteiger partial charge in [0.05, 0.1) is 5.02 Å². The van der Waals surface area contributed by atoms with Gasteiger partial charge in [-0.15, -0.1) is 0 Å². The summed E-state index contributed by atoms with van der Waals surface area (Å²) < 4.78 is 27.1. The third-order valence-electron chi connectivity index (χ3n) is 2.88. The summed E-state index contributed by atoms with van der Waals surface area (Å²) in [6.07, 6.45) is 0. The number of benzene rings is 2. The summed E-state index contributed by atoms with van der Waals surface area (Å²) in [5, 5.41) is 0.752. The van der Waals surface area contributed by atoms with Crippen LogP contribution in [0.2, 0.25) is 10.0 Å². The van der Waals surface area contributed by atoms with E-state index in [0.717, 1.165) is 10.0 Å². The second kappa shape index (κ2) is 6.67. The molecule has 0 aliphatic carbocycles. The predicted octanol–water partition coefficient (Wildman–Crippen LogP) is 4.58. The molecule has 2 aromatic carbocycles. The topological polar surface area (TPSA) is 37.4 Å². The van der Waals surface area contributed by atoms with Crippen LogP contribution in [0.15, 0.2) is 51.8 Å². The lowest BCUT2D eigenvalue weighted by Gasteiger charge is -2.18. The van der Waals surface area contributed by atoms with Gasteiger partial charge in [-0.05, 0) is 35.9 Å². The normalized spacial score (nSPS) is 11.9. The first-order chi connectivity index (χ1) is 9.80. The van der Waals surface area contributed by atoms with Crippen molar-refractivity contribution < 1.29 is 8.42 Å². The van der Waals surface area contributed by atoms with Crippen molar-refractivity contribution in [3.05, 3.63) is 62.5 Å². The van der Waals surface area contributed by atoms with Crippen LogP contribution in [0.3, 0.4) is 0 Å².